The molecule has 0 radical (unpaired) electrons. The van der Waals surface area contributed by atoms with E-state index in [0.29, 0.717) is 0 Å². The summed E-state index contributed by atoms with van der Waals surface area (Å²) in [5, 5.41) is 2.75. The zero-order chi connectivity index (χ0) is 9.84. The molecule has 70 valence electrons. The van der Waals surface area contributed by atoms with Crippen LogP contribution >= 0.6 is 31.9 Å². The second-order valence-corrected chi connectivity index (χ2v) is 5.72. The van der Waals surface area contributed by atoms with Gasteiger partial charge in [0.15, 0.2) is 0 Å². The highest BCUT2D eigenvalue weighted by Crippen LogP contribution is 2.14. The molecule has 1 amide bonds. The maximum absolute atomic E-state index is 11.2. The number of rotatable bonds is 2. The second-order valence-electron chi connectivity index (χ2n) is 2.66. The van der Waals surface area contributed by atoms with Crippen LogP contribution in [-0.2, 0) is 4.79 Å². The molecule has 1 N–H and O–H groups in total. The van der Waals surface area contributed by atoms with Crippen LogP contribution < -0.4 is 5.32 Å². The molecule has 4 heteroatoms. The first kappa shape index (κ1) is 10.7. The van der Waals surface area contributed by atoms with E-state index in [4.69, 9.17) is 0 Å². The predicted molar refractivity (Wildman–Crippen MR) is 61.5 cm³/mol. The summed E-state index contributed by atoms with van der Waals surface area (Å²) in [7, 11) is 0. The quantitative estimate of drug-likeness (QED) is 0.836. The third-order valence-electron chi connectivity index (χ3n) is 1.48. The average Bonchev–Trinajstić information content (AvgIpc) is 2.04. The highest BCUT2D eigenvalue weighted by Gasteiger charge is 2.09. The van der Waals surface area contributed by atoms with Crippen LogP contribution in [0.4, 0.5) is 5.69 Å². The Balaban J connectivity index is 2.69. The van der Waals surface area contributed by atoms with Crippen LogP contribution in [0, 0.1) is 6.92 Å². The minimum atomic E-state index is -0.347. The molecule has 0 aliphatic rings. The zero-order valence-electron chi connectivity index (χ0n) is 7.05. The van der Waals surface area contributed by atoms with E-state index in [1.165, 1.54) is 0 Å². The van der Waals surface area contributed by atoms with Gasteiger partial charge in [0.2, 0.25) is 5.91 Å². The minimum Gasteiger partial charge on any atom is -0.324 e. The van der Waals surface area contributed by atoms with Crippen molar-refractivity contribution in [3.63, 3.8) is 0 Å². The molecule has 0 saturated carbocycles. The van der Waals surface area contributed by atoms with Crippen molar-refractivity contribution in [1.29, 1.82) is 0 Å². The van der Waals surface area contributed by atoms with Crippen LogP contribution in [-0.4, -0.2) is 9.64 Å². The van der Waals surface area contributed by atoms with Gasteiger partial charge in [0.1, 0.15) is 3.74 Å². The van der Waals surface area contributed by atoms with E-state index in [1.807, 2.05) is 31.2 Å². The number of carbonyl (C=O) groups excluding carboxylic acids is 1. The average molecular weight is 307 g/mol. The maximum Gasteiger partial charge on any atom is 0.248 e. The van der Waals surface area contributed by atoms with E-state index in [2.05, 4.69) is 37.2 Å². The number of alkyl halides is 2. The van der Waals surface area contributed by atoms with Crippen molar-refractivity contribution >= 4 is 43.5 Å². The third kappa shape index (κ3) is 3.48. The number of amides is 1. The molecule has 1 rings (SSSR count). The first-order valence-corrected chi connectivity index (χ1v) is 5.58. The Hall–Kier alpha value is -0.350. The number of carbonyl (C=O) groups is 1. The Kier molecular flexibility index (Phi) is 3.93. The van der Waals surface area contributed by atoms with Gasteiger partial charge in [0.25, 0.3) is 0 Å². The molecule has 0 spiro atoms. The second kappa shape index (κ2) is 4.77. The van der Waals surface area contributed by atoms with Gasteiger partial charge in [-0.3, -0.25) is 4.79 Å². The highest BCUT2D eigenvalue weighted by atomic mass is 79.9. The van der Waals surface area contributed by atoms with Gasteiger partial charge in [-0.15, -0.1) is 0 Å². The van der Waals surface area contributed by atoms with Crippen molar-refractivity contribution in [2.75, 3.05) is 5.32 Å². The van der Waals surface area contributed by atoms with Gasteiger partial charge in [-0.25, -0.2) is 0 Å². The number of aryl methyl sites for hydroxylation is 1. The topological polar surface area (TPSA) is 29.1 Å². The lowest BCUT2D eigenvalue weighted by Crippen LogP contribution is -2.17. The van der Waals surface area contributed by atoms with Crippen LogP contribution in [0.15, 0.2) is 24.3 Å². The van der Waals surface area contributed by atoms with E-state index in [0.717, 1.165) is 11.3 Å². The molecule has 13 heavy (non-hydrogen) atoms. The fourth-order valence-electron chi connectivity index (χ4n) is 0.920. The van der Waals surface area contributed by atoms with Gasteiger partial charge in [0.05, 0.1) is 0 Å². The van der Waals surface area contributed by atoms with Crippen LogP contribution in [0.2, 0.25) is 0 Å². The molecule has 0 heterocycles. The Morgan fingerprint density at radius 3 is 2.69 bits per heavy atom. The lowest BCUT2D eigenvalue weighted by molar-refractivity contribution is -0.114. The van der Waals surface area contributed by atoms with Crippen molar-refractivity contribution in [2.45, 2.75) is 10.7 Å². The lowest BCUT2D eigenvalue weighted by Gasteiger charge is -2.05. The lowest BCUT2D eigenvalue weighted by atomic mass is 10.2. The molecule has 0 aliphatic carbocycles. The summed E-state index contributed by atoms with van der Waals surface area (Å²) in [5.74, 6) is -0.106. The molecule has 0 aliphatic heterocycles. The van der Waals surface area contributed by atoms with Crippen molar-refractivity contribution in [3.05, 3.63) is 29.8 Å². The first-order valence-electron chi connectivity index (χ1n) is 3.75. The Morgan fingerprint density at radius 2 is 2.15 bits per heavy atom. The van der Waals surface area contributed by atoms with Gasteiger partial charge < -0.3 is 5.32 Å². The van der Waals surface area contributed by atoms with Crippen molar-refractivity contribution in [3.8, 4) is 0 Å². The van der Waals surface area contributed by atoms with Gasteiger partial charge in [-0.1, -0.05) is 44.0 Å². The number of halogens is 2. The summed E-state index contributed by atoms with van der Waals surface area (Å²) in [4.78, 5) is 11.2. The van der Waals surface area contributed by atoms with E-state index >= 15 is 0 Å². The number of anilines is 1. The van der Waals surface area contributed by atoms with E-state index in [-0.39, 0.29) is 9.64 Å². The van der Waals surface area contributed by atoms with E-state index in [1.54, 1.807) is 0 Å². The van der Waals surface area contributed by atoms with Gasteiger partial charge >= 0.3 is 0 Å². The summed E-state index contributed by atoms with van der Waals surface area (Å²) >= 11 is 6.24. The molecule has 0 bridgehead atoms. The summed E-state index contributed by atoms with van der Waals surface area (Å²) < 4.78 is -0.347. The normalized spacial score (nSPS) is 10.2. The number of hydrogen-bond donors (Lipinski definition) is 1. The predicted octanol–water partition coefficient (Wildman–Crippen LogP) is 3.05. The van der Waals surface area contributed by atoms with Crippen LogP contribution in [0.3, 0.4) is 0 Å². The van der Waals surface area contributed by atoms with Gasteiger partial charge in [-0.05, 0) is 24.6 Å². The summed E-state index contributed by atoms with van der Waals surface area (Å²) in [6.45, 7) is 1.98. The fourth-order valence-corrected chi connectivity index (χ4v) is 1.15. The molecule has 0 saturated heterocycles. The van der Waals surface area contributed by atoms with Crippen molar-refractivity contribution in [2.24, 2.45) is 0 Å². The Labute approximate surface area is 94.0 Å². The SMILES string of the molecule is Cc1cccc(NC(=O)C(Br)Br)c1. The summed E-state index contributed by atoms with van der Waals surface area (Å²) in [6.07, 6.45) is 0. The molecule has 0 atom stereocenters. The molecule has 1 aromatic rings. The number of benzene rings is 1. The Bertz CT molecular complexity index is 312. The van der Waals surface area contributed by atoms with E-state index in [9.17, 15) is 4.79 Å². The largest absolute Gasteiger partial charge is 0.324 e. The smallest absolute Gasteiger partial charge is 0.248 e. The molecule has 1 aromatic carbocycles. The molecule has 0 aromatic heterocycles. The molecular weight excluding hydrogens is 298 g/mol. The fraction of sp³-hybridized carbons (Fsp3) is 0.222. The monoisotopic (exact) mass is 305 g/mol. The Morgan fingerprint density at radius 1 is 1.46 bits per heavy atom. The first-order chi connectivity index (χ1) is 6.09. The molecule has 2 nitrogen and oxygen atoms in total. The summed E-state index contributed by atoms with van der Waals surface area (Å²) in [5.41, 5.74) is 1.94. The summed E-state index contributed by atoms with van der Waals surface area (Å²) in [6, 6.07) is 7.66. The van der Waals surface area contributed by atoms with Crippen LogP contribution in [0.1, 0.15) is 5.56 Å². The van der Waals surface area contributed by atoms with Crippen LogP contribution in [0.25, 0.3) is 0 Å². The third-order valence-corrected chi connectivity index (χ3v) is 2.32. The number of nitrogens with one attached hydrogen (secondary N) is 1. The van der Waals surface area contributed by atoms with Crippen molar-refractivity contribution < 1.29 is 4.79 Å². The van der Waals surface area contributed by atoms with E-state index < -0.39 is 0 Å². The van der Waals surface area contributed by atoms with Crippen LogP contribution in [0.5, 0.6) is 0 Å². The van der Waals surface area contributed by atoms with Gasteiger partial charge in [-0.2, -0.15) is 0 Å². The zero-order valence-corrected chi connectivity index (χ0v) is 10.2. The molecule has 0 fully saturated rings. The standard InChI is InChI=1S/C9H9Br2NO/c1-6-3-2-4-7(5-6)12-9(13)8(10)11/h2-5,8H,1H3,(H,12,13). The number of hydrogen-bond acceptors (Lipinski definition) is 1. The minimum absolute atomic E-state index is 0.106. The molecular formula is C9H9Br2NO. The molecule has 0 unspecified atom stereocenters. The van der Waals surface area contributed by atoms with Crippen molar-refractivity contribution in [1.82, 2.24) is 0 Å². The van der Waals surface area contributed by atoms with Gasteiger partial charge in [0, 0.05) is 5.69 Å². The maximum atomic E-state index is 11.2. The highest BCUT2D eigenvalue weighted by molar-refractivity contribution is 9.25.